The zero-order valence-electron chi connectivity index (χ0n) is 10.1. The van der Waals surface area contributed by atoms with Gasteiger partial charge >= 0.3 is 0 Å². The van der Waals surface area contributed by atoms with Gasteiger partial charge in [0.1, 0.15) is 6.26 Å². The van der Waals surface area contributed by atoms with E-state index < -0.39 is 6.10 Å². The van der Waals surface area contributed by atoms with Crippen LogP contribution in [0.15, 0.2) is 27.5 Å². The van der Waals surface area contributed by atoms with Crippen LogP contribution < -0.4 is 0 Å². The van der Waals surface area contributed by atoms with Crippen molar-refractivity contribution in [3.63, 3.8) is 0 Å². The molecular weight excluding hydrogens is 220 g/mol. The van der Waals surface area contributed by atoms with Crippen molar-refractivity contribution in [1.29, 1.82) is 0 Å². The van der Waals surface area contributed by atoms with Crippen molar-refractivity contribution >= 4 is 0 Å². The molecule has 0 aliphatic rings. The van der Waals surface area contributed by atoms with Gasteiger partial charge in [-0.25, -0.2) is 0 Å². The maximum Gasteiger partial charge on any atom is 0.232 e. The Hall–Kier alpha value is -1.62. The summed E-state index contributed by atoms with van der Waals surface area (Å²) in [6.45, 7) is 5.75. The lowest BCUT2D eigenvalue weighted by atomic mass is 9.91. The molecule has 2 aromatic heterocycles. The Morgan fingerprint density at radius 1 is 1.29 bits per heavy atom. The quantitative estimate of drug-likeness (QED) is 0.882. The second-order valence-electron chi connectivity index (χ2n) is 4.48. The van der Waals surface area contributed by atoms with E-state index in [1.54, 1.807) is 25.5 Å². The van der Waals surface area contributed by atoms with E-state index in [0.717, 1.165) is 5.56 Å². The predicted octanol–water partition coefficient (Wildman–Crippen LogP) is 2.45. The van der Waals surface area contributed by atoms with Crippen molar-refractivity contribution in [2.24, 2.45) is 5.92 Å². The summed E-state index contributed by atoms with van der Waals surface area (Å²) in [7, 11) is 0. The molecule has 0 saturated heterocycles. The number of nitrogens with zero attached hydrogens (tertiary/aromatic N) is 2. The zero-order valence-corrected chi connectivity index (χ0v) is 10.1. The summed E-state index contributed by atoms with van der Waals surface area (Å²) in [4.78, 5) is 4.30. The highest BCUT2D eigenvalue weighted by molar-refractivity contribution is 5.51. The second kappa shape index (κ2) is 4.71. The maximum absolute atomic E-state index is 9.73. The Morgan fingerprint density at radius 2 is 2.06 bits per heavy atom. The molecule has 0 aromatic carbocycles. The zero-order chi connectivity index (χ0) is 12.4. The first-order chi connectivity index (χ1) is 8.09. The van der Waals surface area contributed by atoms with Crippen molar-refractivity contribution in [3.05, 3.63) is 24.5 Å². The fourth-order valence-electron chi connectivity index (χ4n) is 1.93. The van der Waals surface area contributed by atoms with Gasteiger partial charge in [0.2, 0.25) is 11.7 Å². The van der Waals surface area contributed by atoms with Crippen LogP contribution in [0.1, 0.15) is 32.6 Å². The van der Waals surface area contributed by atoms with Gasteiger partial charge in [0.15, 0.2) is 0 Å². The first-order valence-corrected chi connectivity index (χ1v) is 5.64. The Balaban J connectivity index is 2.28. The molecule has 2 atom stereocenters. The molecule has 0 aliphatic heterocycles. The van der Waals surface area contributed by atoms with Crippen LogP contribution in [-0.4, -0.2) is 21.4 Å². The third-order valence-electron chi connectivity index (χ3n) is 2.74. The summed E-state index contributed by atoms with van der Waals surface area (Å²) in [6, 6.07) is 1.77. The van der Waals surface area contributed by atoms with Gasteiger partial charge in [-0.3, -0.25) is 0 Å². The lowest BCUT2D eigenvalue weighted by molar-refractivity contribution is 0.120. The molecular formula is C12H16N2O3. The number of hydrogen-bond donors (Lipinski definition) is 1. The standard InChI is InChI=1S/C12H16N2O3/c1-7(2)10(8(3)15)12-13-11(14-17-12)9-4-5-16-6-9/h4-8,10,15H,1-3H3. The molecule has 5 heteroatoms. The van der Waals surface area contributed by atoms with E-state index in [0.29, 0.717) is 11.7 Å². The second-order valence-corrected chi connectivity index (χ2v) is 4.48. The van der Waals surface area contributed by atoms with Gasteiger partial charge in [-0.15, -0.1) is 0 Å². The topological polar surface area (TPSA) is 72.3 Å². The maximum atomic E-state index is 9.73. The van der Waals surface area contributed by atoms with Gasteiger partial charge in [-0.2, -0.15) is 4.98 Å². The molecule has 2 aromatic rings. The minimum Gasteiger partial charge on any atom is -0.472 e. The van der Waals surface area contributed by atoms with Crippen molar-refractivity contribution in [3.8, 4) is 11.4 Å². The third-order valence-corrected chi connectivity index (χ3v) is 2.74. The minimum atomic E-state index is -0.521. The van der Waals surface area contributed by atoms with Gasteiger partial charge in [0.25, 0.3) is 0 Å². The van der Waals surface area contributed by atoms with Crippen LogP contribution in [-0.2, 0) is 0 Å². The minimum absolute atomic E-state index is 0.150. The van der Waals surface area contributed by atoms with E-state index in [-0.39, 0.29) is 11.8 Å². The lowest BCUT2D eigenvalue weighted by Gasteiger charge is -2.19. The molecule has 0 amide bonds. The molecule has 1 N–H and O–H groups in total. The first-order valence-electron chi connectivity index (χ1n) is 5.64. The highest BCUT2D eigenvalue weighted by Crippen LogP contribution is 2.28. The molecule has 2 heterocycles. The fraction of sp³-hybridized carbons (Fsp3) is 0.500. The summed E-state index contributed by atoms with van der Waals surface area (Å²) >= 11 is 0. The molecule has 5 nitrogen and oxygen atoms in total. The molecule has 2 rings (SSSR count). The summed E-state index contributed by atoms with van der Waals surface area (Å²) in [6.07, 6.45) is 2.59. The number of hydrogen-bond acceptors (Lipinski definition) is 5. The molecule has 2 unspecified atom stereocenters. The molecule has 92 valence electrons. The SMILES string of the molecule is CC(C)C(c1nc(-c2ccoc2)no1)C(C)O. The van der Waals surface area contributed by atoms with Crippen LogP contribution >= 0.6 is 0 Å². The number of aromatic nitrogens is 2. The van der Waals surface area contributed by atoms with Gasteiger partial charge in [0.05, 0.1) is 23.8 Å². The normalized spacial score (nSPS) is 15.1. The van der Waals surface area contributed by atoms with Crippen LogP contribution in [0.4, 0.5) is 0 Å². The highest BCUT2D eigenvalue weighted by atomic mass is 16.5. The average Bonchev–Trinajstić information content (AvgIpc) is 2.83. The molecule has 0 fully saturated rings. The molecule has 17 heavy (non-hydrogen) atoms. The molecule has 0 radical (unpaired) electrons. The van der Waals surface area contributed by atoms with E-state index in [1.165, 1.54) is 0 Å². The smallest absolute Gasteiger partial charge is 0.232 e. The number of aliphatic hydroxyl groups is 1. The molecule has 0 saturated carbocycles. The molecule has 0 spiro atoms. The average molecular weight is 236 g/mol. The van der Waals surface area contributed by atoms with Crippen LogP contribution in [0, 0.1) is 5.92 Å². The number of rotatable bonds is 4. The molecule has 0 bridgehead atoms. The highest BCUT2D eigenvalue weighted by Gasteiger charge is 2.27. The van der Waals surface area contributed by atoms with Gasteiger partial charge in [-0.05, 0) is 18.9 Å². The Morgan fingerprint density at radius 3 is 2.59 bits per heavy atom. The van der Waals surface area contributed by atoms with Gasteiger partial charge in [0, 0.05) is 0 Å². The van der Waals surface area contributed by atoms with E-state index in [9.17, 15) is 5.11 Å². The largest absolute Gasteiger partial charge is 0.472 e. The van der Waals surface area contributed by atoms with Crippen LogP contribution in [0.3, 0.4) is 0 Å². The van der Waals surface area contributed by atoms with Crippen molar-refractivity contribution in [2.45, 2.75) is 32.8 Å². The van der Waals surface area contributed by atoms with Crippen LogP contribution in [0.25, 0.3) is 11.4 Å². The third kappa shape index (κ3) is 2.39. The van der Waals surface area contributed by atoms with E-state index >= 15 is 0 Å². The Bertz CT molecular complexity index is 452. The Labute approximate surface area is 99.5 Å². The van der Waals surface area contributed by atoms with Gasteiger partial charge in [-0.1, -0.05) is 19.0 Å². The van der Waals surface area contributed by atoms with Gasteiger partial charge < -0.3 is 14.0 Å². The Kier molecular flexibility index (Phi) is 3.28. The van der Waals surface area contributed by atoms with E-state index in [2.05, 4.69) is 10.1 Å². The van der Waals surface area contributed by atoms with Crippen molar-refractivity contribution in [1.82, 2.24) is 10.1 Å². The molecule has 0 aliphatic carbocycles. The first kappa shape index (κ1) is 11.9. The van der Waals surface area contributed by atoms with E-state index in [4.69, 9.17) is 8.94 Å². The van der Waals surface area contributed by atoms with Crippen molar-refractivity contribution < 1.29 is 14.0 Å². The summed E-state index contributed by atoms with van der Waals surface area (Å²) in [5.74, 6) is 1.03. The summed E-state index contributed by atoms with van der Waals surface area (Å²) in [5, 5.41) is 13.6. The predicted molar refractivity (Wildman–Crippen MR) is 61.3 cm³/mol. The monoisotopic (exact) mass is 236 g/mol. The van der Waals surface area contributed by atoms with Crippen LogP contribution in [0.2, 0.25) is 0 Å². The number of aliphatic hydroxyl groups excluding tert-OH is 1. The fourth-order valence-corrected chi connectivity index (χ4v) is 1.93. The van der Waals surface area contributed by atoms with Crippen molar-refractivity contribution in [2.75, 3.05) is 0 Å². The summed E-state index contributed by atoms with van der Waals surface area (Å²) < 4.78 is 10.2. The van der Waals surface area contributed by atoms with Crippen LogP contribution in [0.5, 0.6) is 0 Å². The summed E-state index contributed by atoms with van der Waals surface area (Å²) in [5.41, 5.74) is 0.771. The van der Waals surface area contributed by atoms with E-state index in [1.807, 2.05) is 13.8 Å². The number of furan rings is 1. The lowest BCUT2D eigenvalue weighted by Crippen LogP contribution is -2.20.